The van der Waals surface area contributed by atoms with E-state index < -0.39 is 0 Å². The van der Waals surface area contributed by atoms with Crippen LogP contribution in [0.5, 0.6) is 0 Å². The topological polar surface area (TPSA) is 66.5 Å². The number of fused-ring (bicyclic) bond motifs is 1. The van der Waals surface area contributed by atoms with Crippen LogP contribution in [0.2, 0.25) is 5.02 Å². The second kappa shape index (κ2) is 9.11. The van der Waals surface area contributed by atoms with Crippen molar-refractivity contribution in [2.75, 3.05) is 13.7 Å². The molecule has 29 heavy (non-hydrogen) atoms. The van der Waals surface area contributed by atoms with Gasteiger partial charge in [-0.15, -0.1) is 11.3 Å². The van der Waals surface area contributed by atoms with Crippen LogP contribution in [0.4, 0.5) is 0 Å². The van der Waals surface area contributed by atoms with E-state index in [1.165, 1.54) is 17.5 Å². The maximum Gasteiger partial charge on any atom is 0.159 e. The van der Waals surface area contributed by atoms with E-state index in [0.717, 1.165) is 50.1 Å². The summed E-state index contributed by atoms with van der Waals surface area (Å²) in [6.45, 7) is 9.76. The van der Waals surface area contributed by atoms with Gasteiger partial charge in [0.15, 0.2) is 11.5 Å². The van der Waals surface area contributed by atoms with Crippen molar-refractivity contribution in [3.63, 3.8) is 0 Å². The van der Waals surface area contributed by atoms with Gasteiger partial charge in [-0.25, -0.2) is 15.0 Å². The molecule has 0 aromatic carbocycles. The molecular formula is C20H23ClIN5OS. The maximum atomic E-state index is 9.72. The quantitative estimate of drug-likeness (QED) is 0.192. The summed E-state index contributed by atoms with van der Waals surface area (Å²) in [5, 5.41) is 10.3. The van der Waals surface area contributed by atoms with Gasteiger partial charge in [-0.1, -0.05) is 25.1 Å². The molecule has 0 radical (unpaired) electrons. The Bertz CT molecular complexity index is 1080. The lowest BCUT2D eigenvalue weighted by Crippen LogP contribution is -2.15. The lowest BCUT2D eigenvalue weighted by Gasteiger charge is -2.15. The molecular weight excluding hydrogens is 521 g/mol. The van der Waals surface area contributed by atoms with E-state index in [0.29, 0.717) is 5.02 Å². The largest absolute Gasteiger partial charge is 0.394 e. The molecule has 0 aliphatic rings. The fourth-order valence-corrected chi connectivity index (χ4v) is 5.26. The number of amidine groups is 1. The van der Waals surface area contributed by atoms with Crippen LogP contribution in [-0.4, -0.2) is 42.2 Å². The van der Waals surface area contributed by atoms with Gasteiger partial charge in [0, 0.05) is 19.4 Å². The van der Waals surface area contributed by atoms with Gasteiger partial charge >= 0.3 is 0 Å². The summed E-state index contributed by atoms with van der Waals surface area (Å²) in [6, 6.07) is 1.89. The summed E-state index contributed by atoms with van der Waals surface area (Å²) < 4.78 is 3.92. The Morgan fingerprint density at radius 3 is 2.79 bits per heavy atom. The maximum absolute atomic E-state index is 9.72. The number of aryl methyl sites for hydroxylation is 2. The third kappa shape index (κ3) is 4.21. The van der Waals surface area contributed by atoms with E-state index in [4.69, 9.17) is 21.6 Å². The van der Waals surface area contributed by atoms with Crippen LogP contribution in [0.1, 0.15) is 35.5 Å². The van der Waals surface area contributed by atoms with Gasteiger partial charge in [-0.2, -0.15) is 0 Å². The number of aliphatic hydroxyl groups is 1. The third-order valence-electron chi connectivity index (χ3n) is 4.71. The van der Waals surface area contributed by atoms with Crippen LogP contribution in [0.15, 0.2) is 30.0 Å². The molecule has 0 amide bonds. The number of aliphatic imine (C=N–C) groups is 1. The summed E-state index contributed by atoms with van der Waals surface area (Å²) in [5.74, 6) is 0.779. The standard InChI is InChI=1S/C20H23ClIN5OS/c1-6-13(10-28)27-9-11(3)16-20(27)24-12(4)17(25-16)18-14(21)8-15(29-18)19(23-7-2)26(5)22/h7-9,13,28H,2,6,10H2,1,3-5H3. The number of rotatable bonds is 6. The van der Waals surface area contributed by atoms with Gasteiger partial charge in [0.05, 0.1) is 56.0 Å². The number of halogens is 2. The summed E-state index contributed by atoms with van der Waals surface area (Å²) in [5.41, 5.74) is 4.21. The minimum absolute atomic E-state index is 0.0143. The van der Waals surface area contributed by atoms with Gasteiger partial charge < -0.3 is 12.8 Å². The molecule has 1 atom stereocenters. The zero-order chi connectivity index (χ0) is 21.3. The lowest BCUT2D eigenvalue weighted by atomic mass is 10.2. The molecule has 1 N–H and O–H groups in total. The van der Waals surface area contributed by atoms with E-state index in [1.807, 2.05) is 40.8 Å². The first-order chi connectivity index (χ1) is 13.8. The second-order valence-electron chi connectivity index (χ2n) is 6.69. The highest BCUT2D eigenvalue weighted by atomic mass is 127. The molecule has 9 heteroatoms. The molecule has 0 spiro atoms. The van der Waals surface area contributed by atoms with Crippen LogP contribution in [0.25, 0.3) is 21.7 Å². The zero-order valence-corrected chi connectivity index (χ0v) is 20.5. The number of aliphatic hydroxyl groups excluding tert-OH is 1. The van der Waals surface area contributed by atoms with Crippen LogP contribution in [-0.2, 0) is 0 Å². The van der Waals surface area contributed by atoms with E-state index in [9.17, 15) is 5.11 Å². The van der Waals surface area contributed by atoms with Crippen molar-refractivity contribution in [2.24, 2.45) is 4.99 Å². The highest BCUT2D eigenvalue weighted by Crippen LogP contribution is 2.38. The van der Waals surface area contributed by atoms with Gasteiger partial charge in [0.1, 0.15) is 11.2 Å². The van der Waals surface area contributed by atoms with Crippen molar-refractivity contribution in [1.82, 2.24) is 17.6 Å². The SMILES string of the molecule is C=CN=C(c1cc(Cl)c(-c2nc3c(C)cn(C(CC)CO)c3nc2C)s1)N(C)I. The first-order valence-corrected chi connectivity index (χ1v) is 11.3. The molecule has 1 unspecified atom stereocenters. The van der Waals surface area contributed by atoms with Crippen LogP contribution in [0.3, 0.4) is 0 Å². The Labute approximate surface area is 193 Å². The van der Waals surface area contributed by atoms with Crippen molar-refractivity contribution in [3.8, 4) is 10.6 Å². The molecule has 3 aromatic rings. The first-order valence-electron chi connectivity index (χ1n) is 9.17. The second-order valence-corrected chi connectivity index (χ2v) is 9.60. The van der Waals surface area contributed by atoms with Crippen molar-refractivity contribution in [2.45, 2.75) is 33.2 Å². The van der Waals surface area contributed by atoms with E-state index in [2.05, 4.69) is 41.4 Å². The molecule has 0 saturated carbocycles. The number of nitrogens with zero attached hydrogens (tertiary/aromatic N) is 5. The van der Waals surface area contributed by atoms with Gasteiger partial charge in [-0.3, -0.25) is 0 Å². The molecule has 0 aliphatic heterocycles. The molecule has 0 aliphatic carbocycles. The van der Waals surface area contributed by atoms with Crippen LogP contribution < -0.4 is 0 Å². The van der Waals surface area contributed by atoms with E-state index in [-0.39, 0.29) is 12.6 Å². The van der Waals surface area contributed by atoms with E-state index in [1.54, 1.807) is 0 Å². The normalized spacial score (nSPS) is 13.1. The smallest absolute Gasteiger partial charge is 0.159 e. The minimum atomic E-state index is -0.0143. The molecule has 0 saturated heterocycles. The molecule has 3 heterocycles. The fraction of sp³-hybridized carbons (Fsp3) is 0.350. The Balaban J connectivity index is 2.17. The van der Waals surface area contributed by atoms with Crippen molar-refractivity contribution in [1.29, 1.82) is 0 Å². The summed E-state index contributed by atoms with van der Waals surface area (Å²) in [6.07, 6.45) is 4.35. The molecule has 3 aromatic heterocycles. The first kappa shape index (κ1) is 22.2. The minimum Gasteiger partial charge on any atom is -0.394 e. The number of thiophene rings is 1. The predicted octanol–water partition coefficient (Wildman–Crippen LogP) is 5.55. The van der Waals surface area contributed by atoms with Crippen molar-refractivity contribution < 1.29 is 5.11 Å². The summed E-state index contributed by atoms with van der Waals surface area (Å²) >= 11 is 10.3. The number of hydrogen-bond donors (Lipinski definition) is 1. The Morgan fingerprint density at radius 2 is 2.21 bits per heavy atom. The van der Waals surface area contributed by atoms with Crippen molar-refractivity contribution >= 4 is 62.8 Å². The molecule has 0 fully saturated rings. The van der Waals surface area contributed by atoms with Gasteiger partial charge in [0.2, 0.25) is 0 Å². The predicted molar refractivity (Wildman–Crippen MR) is 130 cm³/mol. The average molecular weight is 544 g/mol. The number of hydrogen-bond acceptors (Lipinski definition) is 5. The van der Waals surface area contributed by atoms with Gasteiger partial charge in [0.25, 0.3) is 0 Å². The Hall–Kier alpha value is -1.49. The van der Waals surface area contributed by atoms with Crippen molar-refractivity contribution in [3.05, 3.63) is 46.2 Å². The summed E-state index contributed by atoms with van der Waals surface area (Å²) in [7, 11) is 1.92. The highest BCUT2D eigenvalue weighted by Gasteiger charge is 2.21. The zero-order valence-electron chi connectivity index (χ0n) is 16.8. The van der Waals surface area contributed by atoms with Gasteiger partial charge in [-0.05, 0) is 31.9 Å². The number of aromatic nitrogens is 3. The Kier molecular flexibility index (Phi) is 6.98. The van der Waals surface area contributed by atoms with E-state index >= 15 is 0 Å². The molecule has 3 rings (SSSR count). The molecule has 0 bridgehead atoms. The summed E-state index contributed by atoms with van der Waals surface area (Å²) in [4.78, 5) is 15.9. The monoisotopic (exact) mass is 543 g/mol. The third-order valence-corrected chi connectivity index (χ3v) is 6.71. The van der Waals surface area contributed by atoms with Crippen LogP contribution >= 0.6 is 45.8 Å². The highest BCUT2D eigenvalue weighted by molar-refractivity contribution is 14.1. The average Bonchev–Trinajstić information content (AvgIpc) is 3.20. The van der Waals surface area contributed by atoms with Crippen LogP contribution in [0, 0.1) is 13.8 Å². The molecule has 6 nitrogen and oxygen atoms in total. The fourth-order valence-electron chi connectivity index (χ4n) is 3.21. The lowest BCUT2D eigenvalue weighted by molar-refractivity contribution is 0.227. The molecule has 154 valence electrons. The Morgan fingerprint density at radius 1 is 1.48 bits per heavy atom.